The second-order valence-electron chi connectivity index (χ2n) is 9.86. The first-order valence-electron chi connectivity index (χ1n) is 13.8. The minimum atomic E-state index is -0.915. The average molecular weight is 623 g/mol. The molecule has 0 spiro atoms. The van der Waals surface area contributed by atoms with Gasteiger partial charge in [0.05, 0.1) is 33.7 Å². The van der Waals surface area contributed by atoms with Crippen molar-refractivity contribution in [3.05, 3.63) is 130 Å². The van der Waals surface area contributed by atoms with E-state index in [1.165, 1.54) is 12.1 Å². The van der Waals surface area contributed by atoms with E-state index in [-0.39, 0.29) is 21.3 Å². The van der Waals surface area contributed by atoms with Crippen LogP contribution in [0.1, 0.15) is 12.5 Å². The fourth-order valence-electron chi connectivity index (χ4n) is 5.18. The molecule has 1 fully saturated rings. The van der Waals surface area contributed by atoms with Gasteiger partial charge in [-0.05, 0) is 66.6 Å². The van der Waals surface area contributed by atoms with E-state index < -0.39 is 17.8 Å². The number of carbonyl (C=O) groups is 3. The number of urea groups is 1. The van der Waals surface area contributed by atoms with Gasteiger partial charge >= 0.3 is 6.03 Å². The van der Waals surface area contributed by atoms with E-state index in [0.717, 1.165) is 38.9 Å². The molecule has 4 aromatic carbocycles. The second kappa shape index (κ2) is 12.2. The van der Waals surface area contributed by atoms with E-state index in [1.54, 1.807) is 12.1 Å². The summed E-state index contributed by atoms with van der Waals surface area (Å²) in [7, 11) is 0. The maximum Gasteiger partial charge on any atom is 0.336 e. The number of anilines is 1. The molecule has 0 atom stereocenters. The van der Waals surface area contributed by atoms with Crippen molar-refractivity contribution in [2.75, 3.05) is 11.5 Å². The third-order valence-electron chi connectivity index (χ3n) is 7.13. The molecule has 9 heteroatoms. The number of barbiturate groups is 1. The van der Waals surface area contributed by atoms with Crippen LogP contribution < -0.4 is 15.0 Å². The Bertz CT molecular complexity index is 1920. The number of halogens is 2. The lowest BCUT2D eigenvalue weighted by Crippen LogP contribution is -2.54. The van der Waals surface area contributed by atoms with Crippen molar-refractivity contribution in [1.29, 1.82) is 0 Å². The molecule has 44 heavy (non-hydrogen) atoms. The van der Waals surface area contributed by atoms with E-state index in [2.05, 4.69) is 9.88 Å². The Balaban J connectivity index is 1.59. The maximum atomic E-state index is 13.8. The minimum absolute atomic E-state index is 0.0179. The highest BCUT2D eigenvalue weighted by atomic mass is 35.5. The Kier molecular flexibility index (Phi) is 8.07. The molecule has 1 aromatic heterocycles. The second-order valence-corrected chi connectivity index (χ2v) is 10.6. The van der Waals surface area contributed by atoms with E-state index in [0.29, 0.717) is 12.2 Å². The van der Waals surface area contributed by atoms with Gasteiger partial charge in [0.1, 0.15) is 11.3 Å². The topological polar surface area (TPSA) is 80.6 Å². The molecule has 1 aliphatic heterocycles. The molecule has 0 bridgehead atoms. The number of imide groups is 2. The summed E-state index contributed by atoms with van der Waals surface area (Å²) in [5, 5.41) is 2.46. The van der Waals surface area contributed by atoms with Gasteiger partial charge in [-0.1, -0.05) is 89.9 Å². The van der Waals surface area contributed by atoms with Crippen molar-refractivity contribution in [3.63, 3.8) is 0 Å². The van der Waals surface area contributed by atoms with Gasteiger partial charge in [0.2, 0.25) is 0 Å². The summed E-state index contributed by atoms with van der Waals surface area (Å²) in [6.45, 7) is 2.47. The lowest BCUT2D eigenvalue weighted by Gasteiger charge is -2.27. The number of aromatic nitrogens is 1. The highest BCUT2D eigenvalue weighted by Crippen LogP contribution is 2.39. The van der Waals surface area contributed by atoms with Gasteiger partial charge in [-0.3, -0.25) is 14.9 Å². The number of nitrogens with one attached hydrogen (secondary N) is 1. The predicted octanol–water partition coefficient (Wildman–Crippen LogP) is 8.18. The first-order chi connectivity index (χ1) is 21.4. The average Bonchev–Trinajstić information content (AvgIpc) is 3.42. The molecule has 1 aliphatic rings. The maximum absolute atomic E-state index is 13.8. The van der Waals surface area contributed by atoms with Crippen LogP contribution in [0.2, 0.25) is 10.0 Å². The molecule has 5 aromatic rings. The number of nitrogens with zero attached hydrogens (tertiary/aromatic N) is 2. The van der Waals surface area contributed by atoms with Gasteiger partial charge in [-0.25, -0.2) is 9.69 Å². The molecule has 6 rings (SSSR count). The molecule has 0 aliphatic carbocycles. The Morgan fingerprint density at radius 1 is 0.795 bits per heavy atom. The van der Waals surface area contributed by atoms with Crippen LogP contribution >= 0.6 is 23.2 Å². The van der Waals surface area contributed by atoms with E-state index in [1.807, 2.05) is 97.9 Å². The Hall–Kier alpha value is -5.11. The summed E-state index contributed by atoms with van der Waals surface area (Å²) < 4.78 is 7.75. The fourth-order valence-corrected chi connectivity index (χ4v) is 5.56. The van der Waals surface area contributed by atoms with Crippen LogP contribution in [0, 0.1) is 0 Å². The molecule has 7 nitrogen and oxygen atoms in total. The van der Waals surface area contributed by atoms with Crippen molar-refractivity contribution < 1.29 is 19.1 Å². The monoisotopic (exact) mass is 621 g/mol. The quantitative estimate of drug-likeness (QED) is 0.147. The van der Waals surface area contributed by atoms with Crippen LogP contribution in [0.4, 0.5) is 10.5 Å². The summed E-state index contributed by atoms with van der Waals surface area (Å²) in [4.78, 5) is 40.8. The van der Waals surface area contributed by atoms with Crippen LogP contribution in [-0.2, 0) is 9.59 Å². The van der Waals surface area contributed by atoms with Crippen molar-refractivity contribution in [2.24, 2.45) is 0 Å². The Morgan fingerprint density at radius 3 is 2.11 bits per heavy atom. The largest absolute Gasteiger partial charge is 0.494 e. The van der Waals surface area contributed by atoms with Crippen LogP contribution in [0.25, 0.3) is 34.3 Å². The van der Waals surface area contributed by atoms with Crippen molar-refractivity contribution in [3.8, 4) is 34.0 Å². The lowest BCUT2D eigenvalue weighted by atomic mass is 10.0. The van der Waals surface area contributed by atoms with Crippen molar-refractivity contribution in [2.45, 2.75) is 6.92 Å². The molecular formula is C35H25Cl2N3O4. The molecule has 4 amide bonds. The van der Waals surface area contributed by atoms with Gasteiger partial charge in [-0.2, -0.15) is 0 Å². The highest BCUT2D eigenvalue weighted by Gasteiger charge is 2.38. The molecule has 0 saturated carbocycles. The van der Waals surface area contributed by atoms with E-state index in [9.17, 15) is 14.4 Å². The Morgan fingerprint density at radius 2 is 1.45 bits per heavy atom. The third kappa shape index (κ3) is 5.39. The molecule has 2 heterocycles. The molecule has 0 unspecified atom stereocenters. The summed E-state index contributed by atoms with van der Waals surface area (Å²) in [5.74, 6) is -0.900. The lowest BCUT2D eigenvalue weighted by molar-refractivity contribution is -0.122. The number of rotatable bonds is 7. The number of ether oxygens (including phenoxy) is 1. The van der Waals surface area contributed by atoms with Gasteiger partial charge in [0, 0.05) is 11.3 Å². The zero-order valence-electron chi connectivity index (χ0n) is 23.5. The van der Waals surface area contributed by atoms with Crippen molar-refractivity contribution >= 4 is 52.8 Å². The molecule has 218 valence electrons. The summed E-state index contributed by atoms with van der Waals surface area (Å²) in [6.07, 6.45) is 1.51. The SMILES string of the molecule is CCOc1ccc(-n2c(-c3ccccc3)cc(/C=C3/C(=O)NC(=O)N(c4cccc(Cl)c4Cl)C3=O)c2-c2ccccc2)cc1. The van der Waals surface area contributed by atoms with Gasteiger partial charge in [0.25, 0.3) is 11.8 Å². The van der Waals surface area contributed by atoms with Gasteiger partial charge in [-0.15, -0.1) is 0 Å². The normalized spacial score (nSPS) is 14.2. The molecular weight excluding hydrogens is 597 g/mol. The first-order valence-corrected chi connectivity index (χ1v) is 14.6. The number of benzene rings is 4. The van der Waals surface area contributed by atoms with Crippen LogP contribution in [-0.4, -0.2) is 29.0 Å². The van der Waals surface area contributed by atoms with Gasteiger partial charge < -0.3 is 9.30 Å². The van der Waals surface area contributed by atoms with Crippen LogP contribution in [0.5, 0.6) is 5.75 Å². The van der Waals surface area contributed by atoms with Crippen LogP contribution in [0.3, 0.4) is 0 Å². The molecule has 1 N–H and O–H groups in total. The minimum Gasteiger partial charge on any atom is -0.494 e. The number of carbonyl (C=O) groups excluding carboxylic acids is 3. The zero-order chi connectivity index (χ0) is 30.8. The van der Waals surface area contributed by atoms with Crippen LogP contribution in [0.15, 0.2) is 115 Å². The third-order valence-corrected chi connectivity index (χ3v) is 7.94. The highest BCUT2D eigenvalue weighted by molar-refractivity contribution is 6.46. The van der Waals surface area contributed by atoms with Crippen molar-refractivity contribution in [1.82, 2.24) is 9.88 Å². The number of hydrogen-bond acceptors (Lipinski definition) is 4. The molecule has 1 saturated heterocycles. The van der Waals surface area contributed by atoms with Gasteiger partial charge in [0.15, 0.2) is 0 Å². The Labute approximate surface area is 263 Å². The summed E-state index contributed by atoms with van der Waals surface area (Å²) in [6, 6.07) is 32.8. The summed E-state index contributed by atoms with van der Waals surface area (Å²) in [5.41, 5.74) is 4.61. The summed E-state index contributed by atoms with van der Waals surface area (Å²) >= 11 is 12.6. The number of hydrogen-bond donors (Lipinski definition) is 1. The smallest absolute Gasteiger partial charge is 0.336 e. The fraction of sp³-hybridized carbons (Fsp3) is 0.0571. The number of amides is 4. The molecule has 0 radical (unpaired) electrons. The first kappa shape index (κ1) is 29.0. The predicted molar refractivity (Wildman–Crippen MR) is 173 cm³/mol. The standard InChI is InChI=1S/C35H25Cl2N3O4/c1-2-44-26-18-16-25(17-19-26)39-30(22-10-5-3-6-11-22)21-24(32(39)23-12-7-4-8-13-23)20-27-33(41)38-35(43)40(34(27)42)29-15-9-14-28(36)31(29)37/h3-21H,2H2,1H3,(H,38,41,43)/b27-20-. The van der Waals surface area contributed by atoms with E-state index >= 15 is 0 Å². The van der Waals surface area contributed by atoms with E-state index in [4.69, 9.17) is 27.9 Å². The zero-order valence-corrected chi connectivity index (χ0v) is 25.0.